The molecule has 3 saturated heterocycles. The summed E-state index contributed by atoms with van der Waals surface area (Å²) in [5.74, 6) is -0.242. The van der Waals surface area contributed by atoms with Crippen molar-refractivity contribution in [2.24, 2.45) is 0 Å². The molecule has 25 heavy (non-hydrogen) atoms. The van der Waals surface area contributed by atoms with Crippen molar-refractivity contribution in [2.45, 2.75) is 23.4 Å². The summed E-state index contributed by atoms with van der Waals surface area (Å²) >= 11 is 0. The summed E-state index contributed by atoms with van der Waals surface area (Å²) in [6.07, 6.45) is 4.54. The number of likely N-dealkylation sites (tertiary alicyclic amines) is 1. The predicted octanol–water partition coefficient (Wildman–Crippen LogP) is -0.879. The molecule has 1 spiro atoms. The SMILES string of the molecule is COCCN1C[C@@]23CN(C(=O)c4cnccn4)C[C@@H](C[C@@H]2S1(=O)=O)O3. The molecule has 3 aliphatic rings. The first-order chi connectivity index (χ1) is 12.0. The maximum atomic E-state index is 12.8. The fourth-order valence-corrected chi connectivity index (χ4v) is 6.36. The number of amides is 1. The molecule has 0 aliphatic carbocycles. The number of hydrogen-bond donors (Lipinski definition) is 0. The molecular formula is C15H20N4O5S. The molecule has 3 aliphatic heterocycles. The van der Waals surface area contributed by atoms with Gasteiger partial charge in [0.1, 0.15) is 16.5 Å². The lowest BCUT2D eigenvalue weighted by molar-refractivity contribution is -0.0982. The normalized spacial score (nSPS) is 33.4. The monoisotopic (exact) mass is 368 g/mol. The molecule has 0 unspecified atom stereocenters. The molecular weight excluding hydrogens is 348 g/mol. The first kappa shape index (κ1) is 16.8. The minimum Gasteiger partial charge on any atom is -0.383 e. The number of methoxy groups -OCH3 is 1. The Morgan fingerprint density at radius 2 is 2.28 bits per heavy atom. The number of fused-ring (bicyclic) bond motifs is 1. The molecule has 0 saturated carbocycles. The third-order valence-corrected chi connectivity index (χ3v) is 7.50. The summed E-state index contributed by atoms with van der Waals surface area (Å²) in [6, 6.07) is 0. The minimum atomic E-state index is -3.45. The molecule has 1 amide bonds. The van der Waals surface area contributed by atoms with Gasteiger partial charge < -0.3 is 14.4 Å². The first-order valence-electron chi connectivity index (χ1n) is 8.17. The molecule has 4 heterocycles. The lowest BCUT2D eigenvalue weighted by Gasteiger charge is -2.39. The second-order valence-electron chi connectivity index (χ2n) is 6.68. The Labute approximate surface area is 146 Å². The van der Waals surface area contributed by atoms with Crippen LogP contribution in [0.15, 0.2) is 18.6 Å². The van der Waals surface area contributed by atoms with Gasteiger partial charge in [-0.25, -0.2) is 13.4 Å². The van der Waals surface area contributed by atoms with E-state index in [4.69, 9.17) is 9.47 Å². The van der Waals surface area contributed by atoms with Crippen LogP contribution >= 0.6 is 0 Å². The third kappa shape index (κ3) is 2.64. The van der Waals surface area contributed by atoms with Crippen LogP contribution in [0.1, 0.15) is 16.9 Å². The number of sulfonamides is 1. The number of carbonyl (C=O) groups excluding carboxylic acids is 1. The highest BCUT2D eigenvalue weighted by atomic mass is 32.2. The van der Waals surface area contributed by atoms with E-state index in [0.717, 1.165) is 0 Å². The zero-order valence-electron chi connectivity index (χ0n) is 13.9. The highest BCUT2D eigenvalue weighted by Gasteiger charge is 2.65. The Hall–Kier alpha value is -1.62. The van der Waals surface area contributed by atoms with Crippen LogP contribution in [-0.4, -0.2) is 90.3 Å². The van der Waals surface area contributed by atoms with Gasteiger partial charge >= 0.3 is 0 Å². The van der Waals surface area contributed by atoms with Crippen molar-refractivity contribution in [3.63, 3.8) is 0 Å². The molecule has 1 aromatic heterocycles. The van der Waals surface area contributed by atoms with E-state index >= 15 is 0 Å². The minimum absolute atomic E-state index is 0.242. The molecule has 0 N–H and O–H groups in total. The van der Waals surface area contributed by atoms with Crippen molar-refractivity contribution >= 4 is 15.9 Å². The average Bonchev–Trinajstić information content (AvgIpc) is 2.98. The fraction of sp³-hybridized carbons (Fsp3) is 0.667. The molecule has 9 nitrogen and oxygen atoms in total. The number of aromatic nitrogens is 2. The molecule has 136 valence electrons. The zero-order chi connectivity index (χ0) is 17.7. The van der Waals surface area contributed by atoms with Gasteiger partial charge in [-0.05, 0) is 6.42 Å². The van der Waals surface area contributed by atoms with Crippen LogP contribution in [0.4, 0.5) is 0 Å². The van der Waals surface area contributed by atoms with Crippen LogP contribution in [0.3, 0.4) is 0 Å². The van der Waals surface area contributed by atoms with Gasteiger partial charge in [0.15, 0.2) is 0 Å². The van der Waals surface area contributed by atoms with Crippen molar-refractivity contribution in [3.05, 3.63) is 24.3 Å². The van der Waals surface area contributed by atoms with Crippen LogP contribution in [0.25, 0.3) is 0 Å². The van der Waals surface area contributed by atoms with E-state index in [1.807, 2.05) is 0 Å². The van der Waals surface area contributed by atoms with E-state index in [9.17, 15) is 13.2 Å². The van der Waals surface area contributed by atoms with Gasteiger partial charge in [-0.2, -0.15) is 4.31 Å². The summed E-state index contributed by atoms with van der Waals surface area (Å²) in [4.78, 5) is 22.3. The van der Waals surface area contributed by atoms with Gasteiger partial charge in [0.25, 0.3) is 5.91 Å². The van der Waals surface area contributed by atoms with Crippen LogP contribution in [0.2, 0.25) is 0 Å². The highest BCUT2D eigenvalue weighted by molar-refractivity contribution is 7.90. The number of carbonyl (C=O) groups is 1. The Kier molecular flexibility index (Phi) is 4.02. The lowest BCUT2D eigenvalue weighted by atomic mass is 9.99. The van der Waals surface area contributed by atoms with E-state index < -0.39 is 20.9 Å². The van der Waals surface area contributed by atoms with E-state index in [0.29, 0.717) is 26.1 Å². The molecule has 0 aromatic carbocycles. The molecule has 0 radical (unpaired) electrons. The van der Waals surface area contributed by atoms with Crippen molar-refractivity contribution in [1.82, 2.24) is 19.2 Å². The van der Waals surface area contributed by atoms with Crippen molar-refractivity contribution in [3.8, 4) is 0 Å². The average molecular weight is 368 g/mol. The van der Waals surface area contributed by atoms with Gasteiger partial charge in [0.05, 0.1) is 25.5 Å². The van der Waals surface area contributed by atoms with Crippen LogP contribution in [0, 0.1) is 0 Å². The lowest BCUT2D eigenvalue weighted by Crippen LogP contribution is -2.56. The van der Waals surface area contributed by atoms with Crippen molar-refractivity contribution in [2.75, 3.05) is 39.9 Å². The van der Waals surface area contributed by atoms with E-state index in [1.54, 1.807) is 4.90 Å². The summed E-state index contributed by atoms with van der Waals surface area (Å²) < 4.78 is 38.2. The quantitative estimate of drug-likeness (QED) is 0.680. The van der Waals surface area contributed by atoms with Gasteiger partial charge in [-0.3, -0.25) is 9.78 Å². The molecule has 2 bridgehead atoms. The molecule has 3 fully saturated rings. The van der Waals surface area contributed by atoms with Crippen molar-refractivity contribution in [1.29, 1.82) is 0 Å². The first-order valence-corrected chi connectivity index (χ1v) is 9.67. The topological polar surface area (TPSA) is 102 Å². The van der Waals surface area contributed by atoms with Crippen LogP contribution in [-0.2, 0) is 19.5 Å². The zero-order valence-corrected chi connectivity index (χ0v) is 14.7. The maximum Gasteiger partial charge on any atom is 0.274 e. The Morgan fingerprint density at radius 3 is 3.00 bits per heavy atom. The Morgan fingerprint density at radius 1 is 1.44 bits per heavy atom. The second-order valence-corrected chi connectivity index (χ2v) is 8.79. The molecule has 3 atom stereocenters. The maximum absolute atomic E-state index is 12.8. The Bertz CT molecular complexity index is 773. The van der Waals surface area contributed by atoms with Gasteiger partial charge in [-0.1, -0.05) is 0 Å². The number of rotatable bonds is 4. The third-order valence-electron chi connectivity index (χ3n) is 5.13. The molecule has 1 aromatic rings. The van der Waals surface area contributed by atoms with E-state index in [-0.39, 0.29) is 30.8 Å². The molecule has 4 rings (SSSR count). The van der Waals surface area contributed by atoms with E-state index in [2.05, 4.69) is 9.97 Å². The predicted molar refractivity (Wildman–Crippen MR) is 86.3 cm³/mol. The van der Waals surface area contributed by atoms with Crippen LogP contribution in [0.5, 0.6) is 0 Å². The van der Waals surface area contributed by atoms with E-state index in [1.165, 1.54) is 30.0 Å². The van der Waals surface area contributed by atoms with Gasteiger partial charge in [0, 0.05) is 39.1 Å². The smallest absolute Gasteiger partial charge is 0.274 e. The summed E-state index contributed by atoms with van der Waals surface area (Å²) in [6.45, 7) is 1.49. The highest BCUT2D eigenvalue weighted by Crippen LogP contribution is 2.46. The largest absolute Gasteiger partial charge is 0.383 e. The Balaban J connectivity index is 1.59. The van der Waals surface area contributed by atoms with Gasteiger partial charge in [-0.15, -0.1) is 0 Å². The van der Waals surface area contributed by atoms with Crippen LogP contribution < -0.4 is 0 Å². The standard InChI is InChI=1S/C15H20N4O5S/c1-23-5-4-19-10-15-9-18(14(20)12-7-16-2-3-17-12)8-11(24-15)6-13(15)25(19,21)22/h2-3,7,11,13H,4-6,8-10H2,1H3/t11-,13+,15+/m1/s1. The fourth-order valence-electron chi connectivity index (χ4n) is 4.07. The summed E-state index contributed by atoms with van der Waals surface area (Å²) in [7, 11) is -1.91. The number of morpholine rings is 1. The number of ether oxygens (including phenoxy) is 2. The molecule has 10 heteroatoms. The summed E-state index contributed by atoms with van der Waals surface area (Å²) in [5, 5.41) is -0.610. The van der Waals surface area contributed by atoms with Crippen molar-refractivity contribution < 1.29 is 22.7 Å². The summed E-state index contributed by atoms with van der Waals surface area (Å²) in [5.41, 5.74) is -0.610. The number of nitrogens with zero attached hydrogens (tertiary/aromatic N) is 4. The number of hydrogen-bond acceptors (Lipinski definition) is 7. The second kappa shape index (κ2) is 5.97. The van der Waals surface area contributed by atoms with Gasteiger partial charge in [0.2, 0.25) is 10.0 Å².